The van der Waals surface area contributed by atoms with E-state index in [-0.39, 0.29) is 16.4 Å². The lowest BCUT2D eigenvalue weighted by Crippen LogP contribution is -2.14. The van der Waals surface area contributed by atoms with Gasteiger partial charge in [0, 0.05) is 28.1 Å². The molecule has 6 nitrogen and oxygen atoms in total. The van der Waals surface area contributed by atoms with E-state index in [0.29, 0.717) is 22.4 Å². The molecule has 0 bridgehead atoms. The average molecular weight is 472 g/mol. The fourth-order valence-corrected chi connectivity index (χ4v) is 4.88. The Kier molecular flexibility index (Phi) is 5.22. The number of nitrogens with one attached hydrogen (secondary N) is 2. The third-order valence-electron chi connectivity index (χ3n) is 5.51. The molecule has 0 radical (unpaired) electrons. The summed E-state index contributed by atoms with van der Waals surface area (Å²) in [6.45, 7) is 0. The van der Waals surface area contributed by atoms with E-state index in [1.165, 1.54) is 24.3 Å². The van der Waals surface area contributed by atoms with Crippen LogP contribution >= 0.6 is 0 Å². The molecule has 0 saturated carbocycles. The predicted molar refractivity (Wildman–Crippen MR) is 127 cm³/mol. The van der Waals surface area contributed by atoms with E-state index < -0.39 is 21.7 Å². The molecule has 0 heterocycles. The molecule has 1 aliphatic rings. The van der Waals surface area contributed by atoms with Crippen LogP contribution < -0.4 is 10.0 Å². The van der Waals surface area contributed by atoms with Crippen molar-refractivity contribution in [2.75, 3.05) is 10.0 Å². The first-order valence-electron chi connectivity index (χ1n) is 10.3. The summed E-state index contributed by atoms with van der Waals surface area (Å²) in [5.41, 5.74) is 3.82. The highest BCUT2D eigenvalue weighted by Crippen LogP contribution is 2.36. The zero-order valence-corrected chi connectivity index (χ0v) is 18.4. The third kappa shape index (κ3) is 3.95. The van der Waals surface area contributed by atoms with Crippen molar-refractivity contribution in [3.8, 4) is 11.1 Å². The molecule has 1 aliphatic carbocycles. The first-order chi connectivity index (χ1) is 16.3. The van der Waals surface area contributed by atoms with E-state index in [1.807, 2.05) is 12.1 Å². The van der Waals surface area contributed by atoms with Gasteiger partial charge in [-0.3, -0.25) is 14.3 Å². The number of sulfonamides is 1. The Morgan fingerprint density at radius 3 is 2.03 bits per heavy atom. The molecule has 8 heteroatoms. The van der Waals surface area contributed by atoms with Gasteiger partial charge in [-0.1, -0.05) is 30.3 Å². The topological polar surface area (TPSA) is 92.3 Å². The lowest BCUT2D eigenvalue weighted by Gasteiger charge is -2.10. The van der Waals surface area contributed by atoms with Crippen molar-refractivity contribution in [1.82, 2.24) is 0 Å². The molecule has 4 aromatic carbocycles. The fraction of sp³-hybridized carbons (Fsp3) is 0. The normalized spacial score (nSPS) is 12.1. The quantitative estimate of drug-likeness (QED) is 0.373. The van der Waals surface area contributed by atoms with Crippen molar-refractivity contribution in [2.24, 2.45) is 0 Å². The molecule has 34 heavy (non-hydrogen) atoms. The minimum Gasteiger partial charge on any atom is -0.322 e. The molecule has 168 valence electrons. The summed E-state index contributed by atoms with van der Waals surface area (Å²) in [5, 5.41) is 2.74. The number of halogens is 1. The Morgan fingerprint density at radius 1 is 0.706 bits per heavy atom. The number of hydrogen-bond donors (Lipinski definition) is 2. The SMILES string of the molecule is O=C(Nc1ccc(NS(=O)(=O)c2ccc(F)cc2)cc1)c1ccc2c(c1)C(=O)c1ccccc1-2. The standard InChI is InChI=1S/C26H17FN2O4S/c27-17-6-12-20(13-7-17)34(32,33)29-19-10-8-18(9-11-19)28-26(31)16-5-14-22-21-3-1-2-4-23(21)25(30)24(22)15-16/h1-15,29H,(H,28,31). The molecule has 0 atom stereocenters. The van der Waals surface area contributed by atoms with Crippen LogP contribution in [0.2, 0.25) is 0 Å². The molecule has 0 aliphatic heterocycles. The summed E-state index contributed by atoms with van der Waals surface area (Å²) in [7, 11) is -3.88. The number of carbonyl (C=O) groups excluding carboxylic acids is 2. The number of hydrogen-bond acceptors (Lipinski definition) is 4. The molecule has 0 saturated heterocycles. The molecule has 5 rings (SSSR count). The van der Waals surface area contributed by atoms with Gasteiger partial charge in [0.05, 0.1) is 4.90 Å². The van der Waals surface area contributed by atoms with Crippen molar-refractivity contribution >= 4 is 33.1 Å². The number of benzene rings is 4. The maximum Gasteiger partial charge on any atom is 0.261 e. The molecule has 1 amide bonds. The second-order valence-corrected chi connectivity index (χ2v) is 9.41. The maximum absolute atomic E-state index is 13.1. The van der Waals surface area contributed by atoms with Gasteiger partial charge >= 0.3 is 0 Å². The van der Waals surface area contributed by atoms with Crippen LogP contribution in [-0.4, -0.2) is 20.1 Å². The van der Waals surface area contributed by atoms with Crippen molar-refractivity contribution < 1.29 is 22.4 Å². The van der Waals surface area contributed by atoms with E-state index >= 15 is 0 Å². The van der Waals surface area contributed by atoms with Gasteiger partial charge in [0.15, 0.2) is 5.78 Å². The maximum atomic E-state index is 13.1. The molecule has 0 fully saturated rings. The summed E-state index contributed by atoms with van der Waals surface area (Å²) in [4.78, 5) is 25.4. The van der Waals surface area contributed by atoms with Crippen LogP contribution in [0.3, 0.4) is 0 Å². The van der Waals surface area contributed by atoms with Gasteiger partial charge in [0.1, 0.15) is 5.82 Å². The Hall–Kier alpha value is -4.30. The smallest absolute Gasteiger partial charge is 0.261 e. The largest absolute Gasteiger partial charge is 0.322 e. The van der Waals surface area contributed by atoms with Crippen LogP contribution in [0.15, 0.2) is 95.9 Å². The van der Waals surface area contributed by atoms with Crippen LogP contribution in [0.5, 0.6) is 0 Å². The monoisotopic (exact) mass is 472 g/mol. The Balaban J connectivity index is 1.30. The second-order valence-electron chi connectivity index (χ2n) is 7.73. The van der Waals surface area contributed by atoms with E-state index in [9.17, 15) is 22.4 Å². The molecule has 0 unspecified atom stereocenters. The average Bonchev–Trinajstić information content (AvgIpc) is 3.12. The molecule has 2 N–H and O–H groups in total. The zero-order chi connectivity index (χ0) is 23.9. The minimum absolute atomic E-state index is 0.0698. The van der Waals surface area contributed by atoms with Crippen LogP contribution in [-0.2, 0) is 10.0 Å². The van der Waals surface area contributed by atoms with E-state index in [2.05, 4.69) is 10.0 Å². The number of ketones is 1. The summed E-state index contributed by atoms with van der Waals surface area (Å²) in [5.74, 6) is -1.04. The fourth-order valence-electron chi connectivity index (χ4n) is 3.82. The summed E-state index contributed by atoms with van der Waals surface area (Å²) < 4.78 is 40.3. The number of carbonyl (C=O) groups is 2. The first-order valence-corrected chi connectivity index (χ1v) is 11.8. The van der Waals surface area contributed by atoms with E-state index in [4.69, 9.17) is 0 Å². The number of anilines is 2. The molecule has 0 spiro atoms. The predicted octanol–water partition coefficient (Wildman–Crippen LogP) is 5.09. The van der Waals surface area contributed by atoms with Gasteiger partial charge in [-0.25, -0.2) is 12.8 Å². The third-order valence-corrected chi connectivity index (χ3v) is 6.90. The highest BCUT2D eigenvalue weighted by Gasteiger charge is 2.27. The first kappa shape index (κ1) is 21.5. The molecular formula is C26H17FN2O4S. The zero-order valence-electron chi connectivity index (χ0n) is 17.6. The van der Waals surface area contributed by atoms with Crippen molar-refractivity contribution in [2.45, 2.75) is 4.90 Å². The van der Waals surface area contributed by atoms with Gasteiger partial charge in [-0.15, -0.1) is 0 Å². The van der Waals surface area contributed by atoms with Crippen molar-refractivity contribution in [3.63, 3.8) is 0 Å². The minimum atomic E-state index is -3.88. The number of amides is 1. The molecular weight excluding hydrogens is 455 g/mol. The molecule has 0 aromatic heterocycles. The summed E-state index contributed by atoms with van der Waals surface area (Å²) >= 11 is 0. The van der Waals surface area contributed by atoms with Crippen LogP contribution in [0.1, 0.15) is 26.3 Å². The van der Waals surface area contributed by atoms with Gasteiger partial charge in [-0.05, 0) is 71.8 Å². The van der Waals surface area contributed by atoms with Gasteiger partial charge in [0.2, 0.25) is 0 Å². The van der Waals surface area contributed by atoms with Crippen molar-refractivity contribution in [3.05, 3.63) is 114 Å². The van der Waals surface area contributed by atoms with Gasteiger partial charge < -0.3 is 5.32 Å². The van der Waals surface area contributed by atoms with Gasteiger partial charge in [0.25, 0.3) is 15.9 Å². The van der Waals surface area contributed by atoms with Crippen LogP contribution in [0, 0.1) is 5.82 Å². The second kappa shape index (κ2) is 8.24. The van der Waals surface area contributed by atoms with Crippen LogP contribution in [0.4, 0.5) is 15.8 Å². The highest BCUT2D eigenvalue weighted by atomic mass is 32.2. The Morgan fingerprint density at radius 2 is 1.32 bits per heavy atom. The number of rotatable bonds is 5. The van der Waals surface area contributed by atoms with E-state index in [0.717, 1.165) is 23.3 Å². The van der Waals surface area contributed by atoms with Crippen molar-refractivity contribution in [1.29, 1.82) is 0 Å². The highest BCUT2D eigenvalue weighted by molar-refractivity contribution is 7.92. The molecule has 4 aromatic rings. The number of fused-ring (bicyclic) bond motifs is 3. The Bertz CT molecular complexity index is 1550. The summed E-state index contributed by atoms with van der Waals surface area (Å²) in [6.07, 6.45) is 0. The van der Waals surface area contributed by atoms with E-state index in [1.54, 1.807) is 42.5 Å². The lowest BCUT2D eigenvalue weighted by molar-refractivity contribution is 0.102. The van der Waals surface area contributed by atoms with Crippen LogP contribution in [0.25, 0.3) is 11.1 Å². The van der Waals surface area contributed by atoms with Gasteiger partial charge in [-0.2, -0.15) is 0 Å². The lowest BCUT2D eigenvalue weighted by atomic mass is 10.0. The summed E-state index contributed by atoms with van der Waals surface area (Å²) in [6, 6.07) is 22.9. The Labute approximate surface area is 195 Å².